The van der Waals surface area contributed by atoms with Crippen molar-refractivity contribution in [1.82, 2.24) is 0 Å². The summed E-state index contributed by atoms with van der Waals surface area (Å²) in [4.78, 5) is 22.9. The fourth-order valence-electron chi connectivity index (χ4n) is 0.783. The summed E-state index contributed by atoms with van der Waals surface area (Å²) in [5.74, 6) is -0.0579. The fraction of sp³-hybridized carbons (Fsp3) is 0.333. The van der Waals surface area contributed by atoms with E-state index in [1.165, 1.54) is 4.97 Å². The molecule has 2 radical (unpaired) electrons. The molecule has 58 valence electrons. The van der Waals surface area contributed by atoms with Gasteiger partial charge < -0.3 is 0 Å². The molecule has 4 heteroatoms. The Labute approximate surface area is 82.8 Å². The molecule has 0 heterocycles. The van der Waals surface area contributed by atoms with E-state index in [1.807, 2.05) is 0 Å². The molecule has 0 aromatic rings. The topological polar surface area (TPSA) is 34.1 Å². The Bertz CT molecular complexity index is 180. The smallest absolute Gasteiger partial charge is 0 e. The first-order valence-corrected chi connectivity index (χ1v) is 3.63. The van der Waals surface area contributed by atoms with Crippen LogP contribution in [-0.2, 0) is 32.0 Å². The van der Waals surface area contributed by atoms with Crippen LogP contribution in [0.15, 0.2) is 10.5 Å². The fourth-order valence-corrected chi connectivity index (χ4v) is 1.33. The second kappa shape index (κ2) is 4.27. The second-order valence-electron chi connectivity index (χ2n) is 1.88. The SMILES string of the molecule is O=C1CCC(=O)C1=C[Se].[Au]. The number of hydrogen-bond donors (Lipinski definition) is 0. The molecule has 0 aromatic carbocycles. The van der Waals surface area contributed by atoms with Crippen molar-refractivity contribution in [3.05, 3.63) is 10.5 Å². The standard InChI is InChI=1S/C6H5O2Se.Au/c7-5-1-2-6(8)4(5)3-9;/h3H,1-2H2;. The number of Topliss-reactive ketones (excluding diaryl/α,β-unsaturated/α-hetero) is 2. The molecular formula is C6H5AuO2Se. The molecular weight excluding hydrogens is 380 g/mol. The molecule has 0 unspecified atom stereocenters. The molecule has 0 N–H and O–H groups in total. The third-order valence-electron chi connectivity index (χ3n) is 1.30. The molecule has 1 aliphatic rings. The number of hydrogen-bond acceptors (Lipinski definition) is 2. The van der Waals surface area contributed by atoms with E-state index in [4.69, 9.17) is 0 Å². The van der Waals surface area contributed by atoms with Crippen molar-refractivity contribution in [2.75, 3.05) is 0 Å². The molecule has 0 atom stereocenters. The Morgan fingerprint density at radius 3 is 1.80 bits per heavy atom. The summed E-state index contributed by atoms with van der Waals surface area (Å²) in [7, 11) is 0. The molecule has 1 rings (SSSR count). The summed E-state index contributed by atoms with van der Waals surface area (Å²) in [6.45, 7) is 0. The van der Waals surface area contributed by atoms with Gasteiger partial charge in [0.2, 0.25) is 0 Å². The van der Waals surface area contributed by atoms with Crippen molar-refractivity contribution < 1.29 is 32.0 Å². The minimum absolute atomic E-state index is 0. The van der Waals surface area contributed by atoms with Crippen LogP contribution in [0, 0.1) is 0 Å². The van der Waals surface area contributed by atoms with Crippen LogP contribution in [0.1, 0.15) is 12.8 Å². The van der Waals surface area contributed by atoms with E-state index < -0.39 is 0 Å². The Kier molecular flexibility index (Phi) is 4.41. The van der Waals surface area contributed by atoms with E-state index in [2.05, 4.69) is 16.0 Å². The zero-order valence-corrected chi connectivity index (χ0v) is 8.90. The molecule has 1 saturated carbocycles. The van der Waals surface area contributed by atoms with Gasteiger partial charge in [-0.15, -0.1) is 0 Å². The largest absolute Gasteiger partial charge is 0 e. The molecule has 2 nitrogen and oxygen atoms in total. The van der Waals surface area contributed by atoms with E-state index in [9.17, 15) is 9.59 Å². The van der Waals surface area contributed by atoms with Crippen LogP contribution in [0.4, 0.5) is 0 Å². The molecule has 1 fully saturated rings. The first kappa shape index (κ1) is 10.3. The van der Waals surface area contributed by atoms with Gasteiger partial charge in [0.25, 0.3) is 0 Å². The number of carbonyl (C=O) groups excluding carboxylic acids is 2. The van der Waals surface area contributed by atoms with Gasteiger partial charge in [-0.2, -0.15) is 0 Å². The van der Waals surface area contributed by atoms with Gasteiger partial charge >= 0.3 is 60.6 Å². The van der Waals surface area contributed by atoms with E-state index in [0.717, 1.165) is 0 Å². The predicted octanol–water partition coefficient (Wildman–Crippen LogP) is -0.0317. The van der Waals surface area contributed by atoms with Crippen molar-refractivity contribution in [3.63, 3.8) is 0 Å². The summed E-state index contributed by atoms with van der Waals surface area (Å²) in [6.07, 6.45) is 0.790. The van der Waals surface area contributed by atoms with Crippen molar-refractivity contribution in [3.8, 4) is 0 Å². The van der Waals surface area contributed by atoms with Crippen molar-refractivity contribution in [1.29, 1.82) is 0 Å². The summed E-state index contributed by atoms with van der Waals surface area (Å²) in [5.41, 5.74) is 0.343. The van der Waals surface area contributed by atoms with Crippen LogP contribution in [0.25, 0.3) is 0 Å². The maximum Gasteiger partial charge on any atom is 0 e. The summed E-state index contributed by atoms with van der Waals surface area (Å²) >= 11 is 2.54. The van der Waals surface area contributed by atoms with E-state index in [0.29, 0.717) is 18.4 Å². The van der Waals surface area contributed by atoms with Crippen LogP contribution in [0.5, 0.6) is 0 Å². The van der Waals surface area contributed by atoms with Crippen LogP contribution in [-0.4, -0.2) is 27.6 Å². The quantitative estimate of drug-likeness (QED) is 0.334. The van der Waals surface area contributed by atoms with Gasteiger partial charge in [0.05, 0.1) is 0 Å². The summed E-state index contributed by atoms with van der Waals surface area (Å²) < 4.78 is 0. The van der Waals surface area contributed by atoms with Crippen molar-refractivity contribution >= 4 is 27.6 Å². The molecule has 1 aliphatic carbocycles. The Morgan fingerprint density at radius 2 is 1.60 bits per heavy atom. The van der Waals surface area contributed by atoms with Gasteiger partial charge in [0.15, 0.2) is 0 Å². The van der Waals surface area contributed by atoms with E-state index >= 15 is 0 Å². The van der Waals surface area contributed by atoms with E-state index in [-0.39, 0.29) is 33.9 Å². The maximum absolute atomic E-state index is 10.7. The van der Waals surface area contributed by atoms with Gasteiger partial charge in [0.1, 0.15) is 0 Å². The Morgan fingerprint density at radius 1 is 1.20 bits per heavy atom. The molecule has 0 spiro atoms. The Balaban J connectivity index is 0.000000810. The van der Waals surface area contributed by atoms with Gasteiger partial charge in [-0.3, -0.25) is 0 Å². The monoisotopic (exact) mass is 386 g/mol. The summed E-state index contributed by atoms with van der Waals surface area (Å²) in [5, 5.41) is 0. The van der Waals surface area contributed by atoms with E-state index in [1.54, 1.807) is 0 Å². The van der Waals surface area contributed by atoms with Crippen molar-refractivity contribution in [2.45, 2.75) is 12.8 Å². The maximum atomic E-state index is 10.7. The van der Waals surface area contributed by atoms with Crippen LogP contribution in [0.3, 0.4) is 0 Å². The molecule has 0 amide bonds. The van der Waals surface area contributed by atoms with Crippen LogP contribution >= 0.6 is 0 Å². The first-order valence-electron chi connectivity index (χ1n) is 2.64. The zero-order valence-electron chi connectivity index (χ0n) is 5.02. The average molecular weight is 385 g/mol. The molecule has 0 aliphatic heterocycles. The average Bonchev–Trinajstić information content (AvgIpc) is 2.12. The zero-order chi connectivity index (χ0) is 6.85. The van der Waals surface area contributed by atoms with Gasteiger partial charge in [-0.25, -0.2) is 0 Å². The number of ketones is 2. The third kappa shape index (κ3) is 1.91. The number of rotatable bonds is 0. The summed E-state index contributed by atoms with van der Waals surface area (Å²) in [6, 6.07) is 0. The van der Waals surface area contributed by atoms with Crippen LogP contribution < -0.4 is 0 Å². The van der Waals surface area contributed by atoms with Gasteiger partial charge in [-0.05, 0) is 0 Å². The van der Waals surface area contributed by atoms with Crippen LogP contribution in [0.2, 0.25) is 0 Å². The van der Waals surface area contributed by atoms with Gasteiger partial charge in [0, 0.05) is 22.4 Å². The minimum atomic E-state index is -0.0289. The molecule has 0 saturated heterocycles. The third-order valence-corrected chi connectivity index (χ3v) is 1.79. The Hall–Kier alpha value is 0.340. The minimum Gasteiger partial charge on any atom is 0 e. The number of carbonyl (C=O) groups is 2. The second-order valence-corrected chi connectivity index (χ2v) is 2.37. The van der Waals surface area contributed by atoms with Crippen molar-refractivity contribution in [2.24, 2.45) is 0 Å². The first-order chi connectivity index (χ1) is 4.25. The molecule has 0 aromatic heterocycles. The number of allylic oxidation sites excluding steroid dienone is 1. The molecule has 10 heavy (non-hydrogen) atoms. The molecule has 0 bridgehead atoms. The predicted molar refractivity (Wildman–Crippen MR) is 33.1 cm³/mol. The van der Waals surface area contributed by atoms with Gasteiger partial charge in [-0.1, -0.05) is 0 Å². The normalized spacial score (nSPS) is 17.0.